The van der Waals surface area contributed by atoms with Gasteiger partial charge in [0, 0.05) is 44.4 Å². The fourth-order valence-electron chi connectivity index (χ4n) is 3.73. The van der Waals surface area contributed by atoms with E-state index in [0.717, 1.165) is 27.8 Å². The Morgan fingerprint density at radius 1 is 0.871 bits per heavy atom. The van der Waals surface area contributed by atoms with Crippen molar-refractivity contribution >= 4 is 5.97 Å². The number of aliphatic carboxylic acids is 1. The minimum absolute atomic E-state index is 0.0258. The summed E-state index contributed by atoms with van der Waals surface area (Å²) in [5, 5.41) is 38.6. The Morgan fingerprint density at radius 3 is 2.00 bits per heavy atom. The van der Waals surface area contributed by atoms with Gasteiger partial charge >= 0.3 is 5.97 Å². The largest absolute Gasteiger partial charge is 0.507 e. The molecule has 2 radical (unpaired) electrons. The summed E-state index contributed by atoms with van der Waals surface area (Å²) in [4.78, 5) is 14.7. The number of carbonyl (C=O) groups is 1. The highest BCUT2D eigenvalue weighted by atomic mass is 16.4. The summed E-state index contributed by atoms with van der Waals surface area (Å²) in [5.41, 5.74) is 5.73. The maximum Gasteiger partial charge on any atom is 0.317 e. The molecule has 0 fully saturated rings. The van der Waals surface area contributed by atoms with Gasteiger partial charge in [-0.05, 0) is 37.5 Å². The van der Waals surface area contributed by atoms with Crippen LogP contribution in [0.5, 0.6) is 5.75 Å². The van der Waals surface area contributed by atoms with E-state index in [1.54, 1.807) is 11.0 Å². The Labute approximate surface area is 184 Å². The van der Waals surface area contributed by atoms with E-state index in [-0.39, 0.29) is 32.1 Å². The molecule has 0 amide bonds. The molecule has 0 aliphatic rings. The summed E-state index contributed by atoms with van der Waals surface area (Å²) in [6.45, 7) is 6.76. The van der Waals surface area contributed by atoms with Crippen LogP contribution in [0.2, 0.25) is 0 Å². The molecule has 0 heterocycles. The number of carboxylic acid groups (broad SMARTS) is 1. The molecule has 31 heavy (non-hydrogen) atoms. The van der Waals surface area contributed by atoms with Crippen LogP contribution in [0.4, 0.5) is 0 Å². The third-order valence-corrected chi connectivity index (χ3v) is 5.35. The zero-order valence-electron chi connectivity index (χ0n) is 18.4. The first-order chi connectivity index (χ1) is 14.6. The average Bonchev–Trinajstić information content (AvgIpc) is 2.70. The van der Waals surface area contributed by atoms with E-state index in [4.69, 9.17) is 7.05 Å². The van der Waals surface area contributed by atoms with Crippen molar-refractivity contribution in [2.75, 3.05) is 19.6 Å². The number of carboxylic acids is 1. The molecule has 7 nitrogen and oxygen atoms in total. The number of hydrogen-bond acceptors (Lipinski definition) is 6. The monoisotopic (exact) mass is 428 g/mol. The van der Waals surface area contributed by atoms with Crippen LogP contribution >= 0.6 is 0 Å². The average molecular weight is 429 g/mol. The maximum atomic E-state index is 11.4. The van der Waals surface area contributed by atoms with Gasteiger partial charge < -0.3 is 20.4 Å². The van der Waals surface area contributed by atoms with Gasteiger partial charge in [0.15, 0.2) is 0 Å². The van der Waals surface area contributed by atoms with Crippen LogP contribution in [-0.2, 0) is 31.1 Å². The summed E-state index contributed by atoms with van der Waals surface area (Å²) >= 11 is 0. The zero-order valence-corrected chi connectivity index (χ0v) is 18.4. The van der Waals surface area contributed by atoms with Crippen molar-refractivity contribution in [1.82, 2.24) is 9.80 Å². The number of rotatable bonds is 11. The van der Waals surface area contributed by atoms with Gasteiger partial charge in [0.25, 0.3) is 0 Å². The van der Waals surface area contributed by atoms with Crippen LogP contribution < -0.4 is 0 Å². The lowest BCUT2D eigenvalue weighted by atomic mass is 9.99. The van der Waals surface area contributed by atoms with Crippen LogP contribution in [0.25, 0.3) is 0 Å². The van der Waals surface area contributed by atoms with Gasteiger partial charge in [-0.15, -0.1) is 0 Å². The van der Waals surface area contributed by atoms with Gasteiger partial charge in [-0.3, -0.25) is 14.6 Å². The van der Waals surface area contributed by atoms with Crippen LogP contribution in [0.1, 0.15) is 38.9 Å². The van der Waals surface area contributed by atoms with Crippen molar-refractivity contribution in [3.63, 3.8) is 0 Å². The molecule has 2 aromatic carbocycles. The number of phenols is 1. The molecule has 0 aromatic heterocycles. The van der Waals surface area contributed by atoms with Gasteiger partial charge in [-0.2, -0.15) is 0 Å². The lowest BCUT2D eigenvalue weighted by molar-refractivity contribution is -0.138. The standard InChI is InChI=1S/C24H32N2O5/c1-16-7-19(18(3)21(9-16)14-27)12-26(13-23(29)30)6-5-25(4)11-20-8-17(2)10-22(15-28)24(20)31/h4,7-10,27-28,31H,5-6,11-15H2,1-3H3,(H,29,30). The van der Waals surface area contributed by atoms with Crippen molar-refractivity contribution < 1.29 is 25.2 Å². The van der Waals surface area contributed by atoms with Crippen molar-refractivity contribution in [3.05, 3.63) is 70.3 Å². The van der Waals surface area contributed by atoms with Gasteiger partial charge in [0.2, 0.25) is 0 Å². The lowest BCUT2D eigenvalue weighted by Gasteiger charge is -2.25. The van der Waals surface area contributed by atoms with Crippen LogP contribution in [0.15, 0.2) is 24.3 Å². The quantitative estimate of drug-likeness (QED) is 0.407. The number of aryl methyl sites for hydroxylation is 2. The van der Waals surface area contributed by atoms with Crippen molar-refractivity contribution in [1.29, 1.82) is 0 Å². The van der Waals surface area contributed by atoms with Crippen molar-refractivity contribution in [3.8, 4) is 5.75 Å². The van der Waals surface area contributed by atoms with Crippen LogP contribution in [-0.4, -0.2) is 55.8 Å². The number of aliphatic hydroxyl groups is 2. The van der Waals surface area contributed by atoms with Crippen LogP contribution in [0.3, 0.4) is 0 Å². The Morgan fingerprint density at radius 2 is 1.42 bits per heavy atom. The molecule has 2 rings (SSSR count). The number of nitrogens with zero attached hydrogens (tertiary/aromatic N) is 2. The highest BCUT2D eigenvalue weighted by Crippen LogP contribution is 2.26. The molecule has 0 aliphatic carbocycles. The molecule has 0 aliphatic heterocycles. The summed E-state index contributed by atoms with van der Waals surface area (Å²) in [5.74, 6) is -0.905. The molecule has 168 valence electrons. The minimum atomic E-state index is -0.930. The topological polar surface area (TPSA) is 104 Å². The molecule has 2 aromatic rings. The SMILES string of the molecule is [CH]N(CCN(CC(=O)O)Cc1cc(C)cc(CO)c1C)Cc1cc(C)cc(CO)c1O. The molecule has 0 unspecified atom stereocenters. The first-order valence-corrected chi connectivity index (χ1v) is 10.2. The first kappa shape index (κ1) is 24.8. The second-order valence-corrected chi connectivity index (χ2v) is 8.03. The van der Waals surface area contributed by atoms with E-state index in [1.165, 1.54) is 4.90 Å². The first-order valence-electron chi connectivity index (χ1n) is 10.2. The Kier molecular flexibility index (Phi) is 9.00. The molecule has 0 saturated heterocycles. The van der Waals surface area contributed by atoms with Crippen LogP contribution in [0, 0.1) is 27.8 Å². The third kappa shape index (κ3) is 7.04. The number of aliphatic hydroxyl groups excluding tert-OH is 2. The van der Waals surface area contributed by atoms with Gasteiger partial charge in [0.05, 0.1) is 19.8 Å². The van der Waals surface area contributed by atoms with Gasteiger partial charge in [0.1, 0.15) is 5.75 Å². The number of aromatic hydroxyl groups is 1. The summed E-state index contributed by atoms with van der Waals surface area (Å²) in [6, 6.07) is 7.47. The fraction of sp³-hybridized carbons (Fsp3) is 0.417. The van der Waals surface area contributed by atoms with E-state index in [0.29, 0.717) is 30.8 Å². The molecule has 0 atom stereocenters. The van der Waals surface area contributed by atoms with Crippen molar-refractivity contribution in [2.24, 2.45) is 0 Å². The second-order valence-electron chi connectivity index (χ2n) is 8.03. The normalized spacial score (nSPS) is 11.5. The molecular formula is C24H32N2O5. The summed E-state index contributed by atoms with van der Waals surface area (Å²) < 4.78 is 0. The van der Waals surface area contributed by atoms with E-state index in [9.17, 15) is 25.2 Å². The second kappa shape index (κ2) is 11.2. The van der Waals surface area contributed by atoms with E-state index < -0.39 is 5.97 Å². The third-order valence-electron chi connectivity index (χ3n) is 5.35. The molecule has 4 N–H and O–H groups in total. The zero-order chi connectivity index (χ0) is 23.1. The Bertz CT molecular complexity index is 913. The number of hydrogen-bond donors (Lipinski definition) is 4. The van der Waals surface area contributed by atoms with Crippen molar-refractivity contribution in [2.45, 2.75) is 47.1 Å². The highest BCUT2D eigenvalue weighted by Gasteiger charge is 2.16. The highest BCUT2D eigenvalue weighted by molar-refractivity contribution is 5.69. The predicted molar refractivity (Wildman–Crippen MR) is 118 cm³/mol. The summed E-state index contributed by atoms with van der Waals surface area (Å²) in [6.07, 6.45) is 0. The Balaban J connectivity index is 2.10. The summed E-state index contributed by atoms with van der Waals surface area (Å²) in [7, 11) is 6.14. The lowest BCUT2D eigenvalue weighted by Crippen LogP contribution is -2.35. The molecule has 7 heteroatoms. The van der Waals surface area contributed by atoms with E-state index in [1.807, 2.05) is 39.0 Å². The smallest absolute Gasteiger partial charge is 0.317 e. The number of benzene rings is 2. The fourth-order valence-corrected chi connectivity index (χ4v) is 3.73. The molecule has 0 saturated carbocycles. The predicted octanol–water partition coefficient (Wildman–Crippen LogP) is 2.36. The molecular weight excluding hydrogens is 396 g/mol. The van der Waals surface area contributed by atoms with E-state index >= 15 is 0 Å². The minimum Gasteiger partial charge on any atom is -0.507 e. The molecule has 0 bridgehead atoms. The maximum absolute atomic E-state index is 11.4. The van der Waals surface area contributed by atoms with Gasteiger partial charge in [-0.1, -0.05) is 35.4 Å². The van der Waals surface area contributed by atoms with E-state index in [2.05, 4.69) is 0 Å². The molecule has 0 spiro atoms. The van der Waals surface area contributed by atoms with Gasteiger partial charge in [-0.25, -0.2) is 0 Å². The Hall–Kier alpha value is -2.45.